The Balaban J connectivity index is 3.27. The van der Waals surface area contributed by atoms with Gasteiger partial charge in [0.05, 0.1) is 0 Å². The largest absolute Gasteiger partial charge is 0.507 e. The maximum Gasteiger partial charge on any atom is 0.122 e. The van der Waals surface area contributed by atoms with Crippen molar-refractivity contribution in [1.82, 2.24) is 0 Å². The predicted molar refractivity (Wildman–Crippen MR) is 74.8 cm³/mol. The molecule has 1 aromatic rings. The highest BCUT2D eigenvalue weighted by molar-refractivity contribution is 5.48. The van der Waals surface area contributed by atoms with Gasteiger partial charge < -0.3 is 5.11 Å². The third-order valence-corrected chi connectivity index (χ3v) is 3.21. The van der Waals surface area contributed by atoms with Gasteiger partial charge in [0.1, 0.15) is 5.75 Å². The molecule has 1 N–H and O–H groups in total. The second-order valence-electron chi connectivity index (χ2n) is 5.85. The van der Waals surface area contributed by atoms with E-state index in [1.54, 1.807) is 0 Å². The van der Waals surface area contributed by atoms with E-state index in [0.717, 1.165) is 31.2 Å². The van der Waals surface area contributed by atoms with Gasteiger partial charge in [-0.1, -0.05) is 59.6 Å². The molecule has 0 amide bonds. The second-order valence-corrected chi connectivity index (χ2v) is 5.85. The topological polar surface area (TPSA) is 20.2 Å². The SMILES string of the molecule is CCCc1ccc(C(C)(C)C)c(O)c1CCC. The Morgan fingerprint density at radius 3 is 2.06 bits per heavy atom. The second kappa shape index (κ2) is 5.57. The number of aromatic hydroxyl groups is 1. The monoisotopic (exact) mass is 234 g/mol. The molecule has 1 rings (SSSR count). The van der Waals surface area contributed by atoms with Gasteiger partial charge in [-0.25, -0.2) is 0 Å². The Hall–Kier alpha value is -0.980. The maximum atomic E-state index is 10.5. The summed E-state index contributed by atoms with van der Waals surface area (Å²) in [7, 11) is 0. The first-order chi connectivity index (χ1) is 7.91. The number of aryl methyl sites for hydroxylation is 1. The van der Waals surface area contributed by atoms with Crippen molar-refractivity contribution in [3.8, 4) is 5.75 Å². The molecule has 0 saturated heterocycles. The molecule has 0 aliphatic carbocycles. The fourth-order valence-electron chi connectivity index (χ4n) is 2.32. The quantitative estimate of drug-likeness (QED) is 0.807. The maximum absolute atomic E-state index is 10.5. The molecule has 96 valence electrons. The molecule has 0 bridgehead atoms. The molecule has 1 aromatic carbocycles. The van der Waals surface area contributed by atoms with Crippen LogP contribution in [0.25, 0.3) is 0 Å². The molecule has 17 heavy (non-hydrogen) atoms. The smallest absolute Gasteiger partial charge is 0.122 e. The zero-order valence-electron chi connectivity index (χ0n) is 11.9. The summed E-state index contributed by atoms with van der Waals surface area (Å²) in [6.45, 7) is 10.8. The van der Waals surface area contributed by atoms with Gasteiger partial charge in [0.15, 0.2) is 0 Å². The lowest BCUT2D eigenvalue weighted by molar-refractivity contribution is 0.438. The summed E-state index contributed by atoms with van der Waals surface area (Å²) in [5.74, 6) is 0.533. The van der Waals surface area contributed by atoms with E-state index in [0.29, 0.717) is 5.75 Å². The Morgan fingerprint density at radius 1 is 1.00 bits per heavy atom. The van der Waals surface area contributed by atoms with Crippen LogP contribution in [-0.4, -0.2) is 5.11 Å². The van der Waals surface area contributed by atoms with Crippen LogP contribution in [0.2, 0.25) is 0 Å². The molecule has 1 heteroatoms. The van der Waals surface area contributed by atoms with Gasteiger partial charge in [0.2, 0.25) is 0 Å². The number of benzene rings is 1. The van der Waals surface area contributed by atoms with Gasteiger partial charge in [-0.2, -0.15) is 0 Å². The zero-order chi connectivity index (χ0) is 13.1. The van der Waals surface area contributed by atoms with E-state index < -0.39 is 0 Å². The number of phenolic OH excluding ortho intramolecular Hbond substituents is 1. The first-order valence-corrected chi connectivity index (χ1v) is 6.76. The van der Waals surface area contributed by atoms with Crippen molar-refractivity contribution in [3.05, 3.63) is 28.8 Å². The molecule has 0 spiro atoms. The van der Waals surface area contributed by atoms with Crippen molar-refractivity contribution >= 4 is 0 Å². The van der Waals surface area contributed by atoms with Crippen LogP contribution in [0, 0.1) is 0 Å². The molecule has 0 unspecified atom stereocenters. The number of rotatable bonds is 4. The third kappa shape index (κ3) is 3.24. The molecule has 0 aromatic heterocycles. The van der Waals surface area contributed by atoms with Crippen molar-refractivity contribution in [1.29, 1.82) is 0 Å². The van der Waals surface area contributed by atoms with Gasteiger partial charge >= 0.3 is 0 Å². The summed E-state index contributed by atoms with van der Waals surface area (Å²) in [5, 5.41) is 10.5. The van der Waals surface area contributed by atoms with Crippen LogP contribution < -0.4 is 0 Å². The molecular weight excluding hydrogens is 208 g/mol. The van der Waals surface area contributed by atoms with Crippen LogP contribution in [0.5, 0.6) is 5.75 Å². The van der Waals surface area contributed by atoms with Crippen molar-refractivity contribution < 1.29 is 5.11 Å². The van der Waals surface area contributed by atoms with Crippen LogP contribution in [0.15, 0.2) is 12.1 Å². The Kier molecular flexibility index (Phi) is 4.62. The normalized spacial score (nSPS) is 11.8. The average molecular weight is 234 g/mol. The fourth-order valence-corrected chi connectivity index (χ4v) is 2.32. The lowest BCUT2D eigenvalue weighted by atomic mass is 9.83. The molecular formula is C16H26O. The Bertz CT molecular complexity index is 372. The fraction of sp³-hybridized carbons (Fsp3) is 0.625. The molecule has 0 aliphatic heterocycles. The van der Waals surface area contributed by atoms with E-state index in [4.69, 9.17) is 0 Å². The third-order valence-electron chi connectivity index (χ3n) is 3.21. The summed E-state index contributed by atoms with van der Waals surface area (Å²) >= 11 is 0. The highest BCUT2D eigenvalue weighted by atomic mass is 16.3. The molecule has 0 radical (unpaired) electrons. The summed E-state index contributed by atoms with van der Waals surface area (Å²) in [6, 6.07) is 4.30. The molecule has 0 saturated carbocycles. The molecule has 0 aliphatic rings. The molecule has 0 atom stereocenters. The van der Waals surface area contributed by atoms with E-state index in [2.05, 4.69) is 46.8 Å². The average Bonchev–Trinajstić information content (AvgIpc) is 2.22. The van der Waals surface area contributed by atoms with Crippen LogP contribution in [0.1, 0.15) is 64.2 Å². The Morgan fingerprint density at radius 2 is 1.59 bits per heavy atom. The van der Waals surface area contributed by atoms with Crippen molar-refractivity contribution in [2.45, 2.75) is 65.7 Å². The number of phenols is 1. The highest BCUT2D eigenvalue weighted by Crippen LogP contribution is 2.35. The molecule has 0 fully saturated rings. The van der Waals surface area contributed by atoms with E-state index in [9.17, 15) is 5.11 Å². The molecule has 0 heterocycles. The first kappa shape index (κ1) is 14.1. The van der Waals surface area contributed by atoms with Gasteiger partial charge in [-0.3, -0.25) is 0 Å². The minimum atomic E-state index is 0.0112. The summed E-state index contributed by atoms with van der Waals surface area (Å²) < 4.78 is 0. The van der Waals surface area contributed by atoms with Gasteiger partial charge in [-0.05, 0) is 34.9 Å². The van der Waals surface area contributed by atoms with E-state index in [-0.39, 0.29) is 5.41 Å². The standard InChI is InChI=1S/C16H26O/c1-6-8-12-10-11-14(16(3,4)5)15(17)13(12)9-7-2/h10-11,17H,6-9H2,1-5H3. The lowest BCUT2D eigenvalue weighted by Gasteiger charge is -2.23. The van der Waals surface area contributed by atoms with Crippen LogP contribution in [0.4, 0.5) is 0 Å². The Labute approximate surface area is 106 Å². The summed E-state index contributed by atoms with van der Waals surface area (Å²) in [5.41, 5.74) is 3.57. The molecule has 1 nitrogen and oxygen atoms in total. The highest BCUT2D eigenvalue weighted by Gasteiger charge is 2.21. The van der Waals surface area contributed by atoms with Crippen molar-refractivity contribution in [3.63, 3.8) is 0 Å². The predicted octanol–water partition coefficient (Wildman–Crippen LogP) is 4.59. The van der Waals surface area contributed by atoms with E-state index in [1.165, 1.54) is 11.1 Å². The van der Waals surface area contributed by atoms with Crippen LogP contribution >= 0.6 is 0 Å². The lowest BCUT2D eigenvalue weighted by Crippen LogP contribution is -2.13. The van der Waals surface area contributed by atoms with Crippen LogP contribution in [0.3, 0.4) is 0 Å². The minimum Gasteiger partial charge on any atom is -0.507 e. The number of hydrogen-bond donors (Lipinski definition) is 1. The zero-order valence-corrected chi connectivity index (χ0v) is 11.9. The van der Waals surface area contributed by atoms with Gasteiger partial charge in [-0.15, -0.1) is 0 Å². The first-order valence-electron chi connectivity index (χ1n) is 6.76. The van der Waals surface area contributed by atoms with Crippen molar-refractivity contribution in [2.24, 2.45) is 0 Å². The van der Waals surface area contributed by atoms with Gasteiger partial charge in [0.25, 0.3) is 0 Å². The van der Waals surface area contributed by atoms with Crippen LogP contribution in [-0.2, 0) is 18.3 Å². The summed E-state index contributed by atoms with van der Waals surface area (Å²) in [6.07, 6.45) is 4.25. The van der Waals surface area contributed by atoms with Crippen molar-refractivity contribution in [2.75, 3.05) is 0 Å². The minimum absolute atomic E-state index is 0.0112. The summed E-state index contributed by atoms with van der Waals surface area (Å²) in [4.78, 5) is 0. The van der Waals surface area contributed by atoms with E-state index >= 15 is 0 Å². The van der Waals surface area contributed by atoms with Gasteiger partial charge in [0, 0.05) is 0 Å². The number of hydrogen-bond acceptors (Lipinski definition) is 1. The van der Waals surface area contributed by atoms with E-state index in [1.807, 2.05) is 0 Å².